The molecule has 0 unspecified atom stereocenters. The highest BCUT2D eigenvalue weighted by molar-refractivity contribution is 9.10. The molecule has 0 atom stereocenters. The largest absolute Gasteiger partial charge is 0.256 e. The predicted octanol–water partition coefficient (Wildman–Crippen LogP) is 9.93. The predicted molar refractivity (Wildman–Crippen MR) is 162 cm³/mol. The van der Waals surface area contributed by atoms with Crippen LogP contribution in [-0.4, -0.2) is 19.9 Å². The van der Waals surface area contributed by atoms with Crippen LogP contribution in [0.2, 0.25) is 15.2 Å². The molecule has 6 rings (SSSR count). The summed E-state index contributed by atoms with van der Waals surface area (Å²) in [5.41, 5.74) is 6.85. The van der Waals surface area contributed by atoms with Gasteiger partial charge in [0.05, 0.1) is 38.2 Å². The molecule has 0 aliphatic carbocycles. The van der Waals surface area contributed by atoms with Gasteiger partial charge in [-0.2, -0.15) is 0 Å². The molecule has 8 heteroatoms. The zero-order valence-electron chi connectivity index (χ0n) is 20.4. The van der Waals surface area contributed by atoms with E-state index in [4.69, 9.17) is 39.8 Å². The van der Waals surface area contributed by atoms with Crippen LogP contribution in [0.5, 0.6) is 0 Å². The van der Waals surface area contributed by atoms with E-state index in [2.05, 4.69) is 30.9 Å². The van der Waals surface area contributed by atoms with E-state index in [0.717, 1.165) is 60.1 Å². The summed E-state index contributed by atoms with van der Waals surface area (Å²) in [6.45, 7) is 3.84. The van der Waals surface area contributed by atoms with E-state index in [1.165, 1.54) is 0 Å². The Labute approximate surface area is 243 Å². The Morgan fingerprint density at radius 2 is 1.21 bits per heavy atom. The molecule has 0 saturated heterocycles. The van der Waals surface area contributed by atoms with Crippen LogP contribution < -0.4 is 0 Å². The van der Waals surface area contributed by atoms with E-state index >= 15 is 0 Å². The number of halogens is 4. The van der Waals surface area contributed by atoms with Gasteiger partial charge in [-0.25, -0.2) is 9.97 Å². The van der Waals surface area contributed by atoms with E-state index in [0.29, 0.717) is 15.2 Å². The quantitative estimate of drug-likeness (QED) is 0.180. The molecule has 4 nitrogen and oxygen atoms in total. The van der Waals surface area contributed by atoms with Crippen LogP contribution in [0, 0.1) is 13.8 Å². The topological polar surface area (TPSA) is 51.6 Å². The summed E-state index contributed by atoms with van der Waals surface area (Å²) in [6.07, 6.45) is 3.54. The number of para-hydroxylation sites is 2. The van der Waals surface area contributed by atoms with Gasteiger partial charge in [0.2, 0.25) is 0 Å². The molecule has 2 aromatic carbocycles. The highest BCUT2D eigenvalue weighted by atomic mass is 79.9. The van der Waals surface area contributed by atoms with Crippen LogP contribution in [0.1, 0.15) is 11.1 Å². The molecular formula is C30H20BrCl3N4. The molecule has 188 valence electrons. The van der Waals surface area contributed by atoms with Gasteiger partial charge < -0.3 is 0 Å². The molecule has 0 saturated carbocycles. The van der Waals surface area contributed by atoms with Gasteiger partial charge in [0, 0.05) is 38.8 Å². The first-order chi connectivity index (χ1) is 18.4. The van der Waals surface area contributed by atoms with Crippen molar-refractivity contribution in [3.63, 3.8) is 0 Å². The van der Waals surface area contributed by atoms with Crippen LogP contribution in [-0.2, 0) is 0 Å². The number of benzene rings is 2. The maximum Gasteiger partial charge on any atom is 0.134 e. The van der Waals surface area contributed by atoms with Gasteiger partial charge in [-0.05, 0) is 65.7 Å². The lowest BCUT2D eigenvalue weighted by Crippen LogP contribution is -1.96. The van der Waals surface area contributed by atoms with Crippen LogP contribution in [0.4, 0.5) is 0 Å². The second kappa shape index (κ2) is 11.3. The first-order valence-electron chi connectivity index (χ1n) is 11.7. The van der Waals surface area contributed by atoms with Crippen molar-refractivity contribution >= 4 is 72.5 Å². The minimum absolute atomic E-state index is 0.453. The van der Waals surface area contributed by atoms with Crippen molar-refractivity contribution in [2.75, 3.05) is 0 Å². The minimum atomic E-state index is 0.453. The summed E-state index contributed by atoms with van der Waals surface area (Å²) in [5.74, 6) is 0. The average molecular weight is 623 g/mol. The van der Waals surface area contributed by atoms with Crippen molar-refractivity contribution in [1.82, 2.24) is 19.9 Å². The van der Waals surface area contributed by atoms with Crippen LogP contribution in [0.3, 0.4) is 0 Å². The molecule has 38 heavy (non-hydrogen) atoms. The van der Waals surface area contributed by atoms with Crippen LogP contribution in [0.25, 0.3) is 44.5 Å². The smallest absolute Gasteiger partial charge is 0.134 e. The van der Waals surface area contributed by atoms with Gasteiger partial charge >= 0.3 is 0 Å². The lowest BCUT2D eigenvalue weighted by atomic mass is 10.0. The SMILES string of the molecule is Cc1c(-c2ccccn2)nc2c(-c3ccccn3)cccc2c1Cl.Cc1c(Cl)nc2c(Br)cccc2c1Cl. The molecule has 0 aliphatic heterocycles. The summed E-state index contributed by atoms with van der Waals surface area (Å²) in [6, 6.07) is 23.4. The summed E-state index contributed by atoms with van der Waals surface area (Å²) >= 11 is 22.2. The van der Waals surface area contributed by atoms with Gasteiger partial charge in [0.1, 0.15) is 5.15 Å². The molecule has 0 spiro atoms. The Morgan fingerprint density at radius 1 is 0.605 bits per heavy atom. The highest BCUT2D eigenvalue weighted by Gasteiger charge is 2.16. The zero-order valence-corrected chi connectivity index (χ0v) is 24.2. The molecule has 0 bridgehead atoms. The Morgan fingerprint density at radius 3 is 1.87 bits per heavy atom. The zero-order chi connectivity index (χ0) is 26.8. The molecule has 4 aromatic heterocycles. The molecule has 0 amide bonds. The lowest BCUT2D eigenvalue weighted by molar-refractivity contribution is 1.24. The van der Waals surface area contributed by atoms with Gasteiger partial charge in [-0.1, -0.05) is 77.3 Å². The molecule has 6 aromatic rings. The fraction of sp³-hybridized carbons (Fsp3) is 0.0667. The number of nitrogens with zero attached hydrogens (tertiary/aromatic N) is 4. The molecule has 0 fully saturated rings. The van der Waals surface area contributed by atoms with Gasteiger partial charge in [0.15, 0.2) is 0 Å². The molecular weight excluding hydrogens is 603 g/mol. The standard InChI is InChI=1S/C20H14ClN3.C10H6BrCl2N/c1-13-18(21)15-8-6-7-14(16-9-2-4-11-22-16)20(15)24-19(13)17-10-3-5-12-23-17;1-5-8(12)6-3-2-4-7(11)9(6)14-10(5)13/h2-12H,1H3;2-4H,1H3. The Hall–Kier alpha value is -3.09. The third-order valence-corrected chi connectivity index (χ3v) is 8.08. The Kier molecular flexibility index (Phi) is 7.91. The van der Waals surface area contributed by atoms with Crippen molar-refractivity contribution < 1.29 is 0 Å². The summed E-state index contributed by atoms with van der Waals surface area (Å²) in [4.78, 5) is 18.0. The van der Waals surface area contributed by atoms with E-state index in [1.807, 2.05) is 86.6 Å². The number of aromatic nitrogens is 4. The number of fused-ring (bicyclic) bond motifs is 2. The van der Waals surface area contributed by atoms with Crippen molar-refractivity contribution in [2.45, 2.75) is 13.8 Å². The van der Waals surface area contributed by atoms with Gasteiger partial charge in [0.25, 0.3) is 0 Å². The molecule has 0 radical (unpaired) electrons. The lowest BCUT2D eigenvalue weighted by Gasteiger charge is -2.12. The fourth-order valence-corrected chi connectivity index (χ4v) is 5.27. The van der Waals surface area contributed by atoms with Crippen molar-refractivity contribution in [3.05, 3.63) is 116 Å². The second-order valence-corrected chi connectivity index (χ2v) is 10.5. The number of hydrogen-bond acceptors (Lipinski definition) is 4. The Bertz CT molecular complexity index is 1780. The van der Waals surface area contributed by atoms with E-state index in [9.17, 15) is 0 Å². The molecule has 0 N–H and O–H groups in total. The van der Waals surface area contributed by atoms with Crippen molar-refractivity contribution in [2.24, 2.45) is 0 Å². The van der Waals surface area contributed by atoms with Crippen molar-refractivity contribution in [3.8, 4) is 22.6 Å². The first-order valence-corrected chi connectivity index (χ1v) is 13.6. The fourth-order valence-electron chi connectivity index (χ4n) is 4.10. The van der Waals surface area contributed by atoms with Gasteiger partial charge in [-0.3, -0.25) is 9.97 Å². The molecule has 0 aliphatic rings. The number of pyridine rings is 4. The van der Waals surface area contributed by atoms with Crippen LogP contribution >= 0.6 is 50.7 Å². The molecule has 4 heterocycles. The first kappa shape index (κ1) is 26.5. The minimum Gasteiger partial charge on any atom is -0.256 e. The highest BCUT2D eigenvalue weighted by Crippen LogP contribution is 2.36. The van der Waals surface area contributed by atoms with E-state index < -0.39 is 0 Å². The maximum atomic E-state index is 6.65. The Balaban J connectivity index is 0.000000179. The van der Waals surface area contributed by atoms with E-state index in [-0.39, 0.29) is 0 Å². The second-order valence-electron chi connectivity index (χ2n) is 8.51. The third kappa shape index (κ3) is 5.12. The number of rotatable bonds is 2. The van der Waals surface area contributed by atoms with Crippen LogP contribution in [0.15, 0.2) is 89.7 Å². The monoisotopic (exact) mass is 620 g/mol. The number of hydrogen-bond donors (Lipinski definition) is 0. The maximum absolute atomic E-state index is 6.65. The van der Waals surface area contributed by atoms with Gasteiger partial charge in [-0.15, -0.1) is 0 Å². The van der Waals surface area contributed by atoms with E-state index in [1.54, 1.807) is 12.4 Å². The average Bonchev–Trinajstić information content (AvgIpc) is 2.95. The van der Waals surface area contributed by atoms with Crippen molar-refractivity contribution in [1.29, 1.82) is 0 Å². The summed E-state index contributed by atoms with van der Waals surface area (Å²) in [7, 11) is 0. The summed E-state index contributed by atoms with van der Waals surface area (Å²) in [5, 5.41) is 3.68. The summed E-state index contributed by atoms with van der Waals surface area (Å²) < 4.78 is 0.902. The normalized spacial score (nSPS) is 10.9. The third-order valence-electron chi connectivity index (χ3n) is 6.10.